The fraction of sp³-hybridized carbons (Fsp3) is 0.800. The maximum Gasteiger partial charge on any atom is 0.193 e. The monoisotopic (exact) mass is 290 g/mol. The van der Waals surface area contributed by atoms with Gasteiger partial charge in [0.05, 0.1) is 0 Å². The first-order chi connectivity index (χ1) is 3.66. The molecule has 0 saturated heterocycles. The third kappa shape index (κ3) is 5.03. The van der Waals surface area contributed by atoms with Crippen LogP contribution in [0.15, 0.2) is 0 Å². The van der Waals surface area contributed by atoms with Crippen LogP contribution in [0.2, 0.25) is 0 Å². The van der Waals surface area contributed by atoms with Crippen LogP contribution in [0, 0.1) is 0 Å². The zero-order chi connectivity index (χ0) is 6.57. The summed E-state index contributed by atoms with van der Waals surface area (Å²) in [6.07, 6.45) is 1.67. The highest BCUT2D eigenvalue weighted by molar-refractivity contribution is 14.1. The average Bonchev–Trinajstić information content (AvgIpc) is 1.65. The van der Waals surface area contributed by atoms with Gasteiger partial charge in [-0.05, 0) is 29.0 Å². The largest absolute Gasteiger partial charge is 0.288 e. The lowest BCUT2D eigenvalue weighted by Gasteiger charge is -1.98. The van der Waals surface area contributed by atoms with E-state index in [1.54, 1.807) is 0 Å². The van der Waals surface area contributed by atoms with Gasteiger partial charge >= 0.3 is 0 Å². The van der Waals surface area contributed by atoms with E-state index < -0.39 is 0 Å². The quantitative estimate of drug-likeness (QED) is 0.443. The molecule has 0 amide bonds. The fourth-order valence-corrected chi connectivity index (χ4v) is 1.75. The highest BCUT2D eigenvalue weighted by Crippen LogP contribution is 2.11. The summed E-state index contributed by atoms with van der Waals surface area (Å²) in [7, 11) is 0. The number of hydrogen-bond acceptors (Lipinski definition) is 1. The molecule has 0 aromatic rings. The molecular formula is C5H8BrIO. The Hall–Kier alpha value is 0.880. The molecule has 8 heavy (non-hydrogen) atoms. The third-order valence-corrected chi connectivity index (χ3v) is 2.24. The first-order valence-electron chi connectivity index (χ1n) is 2.49. The summed E-state index contributed by atoms with van der Waals surface area (Å²) < 4.78 is 0.228. The highest BCUT2D eigenvalue weighted by atomic mass is 127. The van der Waals surface area contributed by atoms with Crippen LogP contribution in [-0.4, -0.2) is 8.62 Å². The van der Waals surface area contributed by atoms with Crippen molar-refractivity contribution in [3.8, 4) is 0 Å². The van der Waals surface area contributed by atoms with Crippen LogP contribution >= 0.6 is 38.5 Å². The standard InChI is InChI=1S/C5H8BrIO/c1-2-4(6)3-5(7)8/h4H,2-3H2,1H3. The van der Waals surface area contributed by atoms with Crippen LogP contribution in [0.1, 0.15) is 19.8 Å². The Morgan fingerprint density at radius 3 is 2.50 bits per heavy atom. The minimum atomic E-state index is 0.228. The smallest absolute Gasteiger partial charge is 0.193 e. The first kappa shape index (κ1) is 8.88. The molecular weight excluding hydrogens is 283 g/mol. The lowest BCUT2D eigenvalue weighted by atomic mass is 10.3. The zero-order valence-electron chi connectivity index (χ0n) is 4.66. The minimum absolute atomic E-state index is 0.228. The molecule has 0 heterocycles. The van der Waals surface area contributed by atoms with E-state index in [2.05, 4.69) is 22.9 Å². The van der Waals surface area contributed by atoms with E-state index in [-0.39, 0.29) is 3.79 Å². The van der Waals surface area contributed by atoms with E-state index >= 15 is 0 Å². The van der Waals surface area contributed by atoms with Gasteiger partial charge in [0, 0.05) is 11.2 Å². The van der Waals surface area contributed by atoms with E-state index in [4.69, 9.17) is 0 Å². The van der Waals surface area contributed by atoms with Gasteiger partial charge in [-0.1, -0.05) is 22.9 Å². The lowest BCUT2D eigenvalue weighted by molar-refractivity contribution is -0.109. The first-order valence-corrected chi connectivity index (χ1v) is 4.48. The van der Waals surface area contributed by atoms with Crippen molar-refractivity contribution in [3.63, 3.8) is 0 Å². The number of rotatable bonds is 3. The number of carbonyl (C=O) groups is 1. The minimum Gasteiger partial charge on any atom is -0.288 e. The predicted molar refractivity (Wildman–Crippen MR) is 46.7 cm³/mol. The van der Waals surface area contributed by atoms with Crippen molar-refractivity contribution in [3.05, 3.63) is 0 Å². The summed E-state index contributed by atoms with van der Waals surface area (Å²) in [5.74, 6) is 0. The molecule has 0 bridgehead atoms. The van der Waals surface area contributed by atoms with E-state index in [1.165, 1.54) is 0 Å². The van der Waals surface area contributed by atoms with Crippen molar-refractivity contribution in [2.24, 2.45) is 0 Å². The molecule has 0 aromatic heterocycles. The van der Waals surface area contributed by atoms with Gasteiger partial charge in [0.1, 0.15) is 0 Å². The Balaban J connectivity index is 3.24. The van der Waals surface area contributed by atoms with Crippen LogP contribution in [0.4, 0.5) is 0 Å². The summed E-state index contributed by atoms with van der Waals surface area (Å²) in [5, 5.41) is 0. The van der Waals surface area contributed by atoms with Gasteiger partial charge in [0.2, 0.25) is 0 Å². The molecule has 48 valence electrons. The maximum absolute atomic E-state index is 10.4. The lowest BCUT2D eigenvalue weighted by Crippen LogP contribution is -1.99. The molecule has 0 rings (SSSR count). The fourth-order valence-electron chi connectivity index (χ4n) is 0.318. The summed E-state index contributed by atoms with van der Waals surface area (Å²) >= 11 is 5.16. The Morgan fingerprint density at radius 2 is 2.38 bits per heavy atom. The van der Waals surface area contributed by atoms with Crippen LogP contribution in [0.3, 0.4) is 0 Å². The summed E-state index contributed by atoms with van der Waals surface area (Å²) in [4.78, 5) is 10.8. The molecule has 1 nitrogen and oxygen atoms in total. The molecule has 0 aromatic carbocycles. The van der Waals surface area contributed by atoms with Gasteiger partial charge in [-0.25, -0.2) is 0 Å². The second-order valence-electron chi connectivity index (χ2n) is 1.56. The molecule has 0 saturated carbocycles. The maximum atomic E-state index is 10.4. The summed E-state index contributed by atoms with van der Waals surface area (Å²) in [5.41, 5.74) is 0. The molecule has 0 radical (unpaired) electrons. The molecule has 0 aliphatic carbocycles. The van der Waals surface area contributed by atoms with Crippen molar-refractivity contribution in [1.82, 2.24) is 0 Å². The van der Waals surface area contributed by atoms with Gasteiger partial charge < -0.3 is 0 Å². The second kappa shape index (κ2) is 4.73. The Morgan fingerprint density at radius 1 is 1.88 bits per heavy atom. The van der Waals surface area contributed by atoms with Crippen molar-refractivity contribution in [2.45, 2.75) is 24.6 Å². The van der Waals surface area contributed by atoms with Crippen LogP contribution in [0.5, 0.6) is 0 Å². The topological polar surface area (TPSA) is 17.1 Å². The van der Waals surface area contributed by atoms with E-state index in [9.17, 15) is 4.79 Å². The molecule has 0 fully saturated rings. The number of carbonyl (C=O) groups excluding carboxylic acids is 1. The van der Waals surface area contributed by atoms with Crippen molar-refractivity contribution >= 4 is 42.3 Å². The molecule has 1 atom stereocenters. The molecule has 0 aliphatic rings. The van der Waals surface area contributed by atoms with E-state index in [1.807, 2.05) is 22.6 Å². The molecule has 0 N–H and O–H groups in total. The Labute approximate surface area is 71.5 Å². The van der Waals surface area contributed by atoms with Crippen LogP contribution < -0.4 is 0 Å². The number of hydrogen-bond donors (Lipinski definition) is 0. The van der Waals surface area contributed by atoms with Gasteiger partial charge in [0.25, 0.3) is 0 Å². The van der Waals surface area contributed by atoms with Crippen molar-refractivity contribution in [2.75, 3.05) is 0 Å². The Kier molecular flexibility index (Phi) is 5.25. The molecule has 0 spiro atoms. The highest BCUT2D eigenvalue weighted by Gasteiger charge is 2.03. The van der Waals surface area contributed by atoms with Gasteiger partial charge in [-0.2, -0.15) is 0 Å². The van der Waals surface area contributed by atoms with Crippen LogP contribution in [-0.2, 0) is 4.79 Å². The third-order valence-electron chi connectivity index (χ3n) is 0.825. The summed E-state index contributed by atoms with van der Waals surface area (Å²) in [6, 6.07) is 0. The van der Waals surface area contributed by atoms with Gasteiger partial charge in [-0.3, -0.25) is 4.79 Å². The molecule has 0 aliphatic heterocycles. The van der Waals surface area contributed by atoms with Crippen LogP contribution in [0.25, 0.3) is 0 Å². The van der Waals surface area contributed by atoms with E-state index in [0.717, 1.165) is 6.42 Å². The average molecular weight is 291 g/mol. The number of alkyl halides is 1. The van der Waals surface area contributed by atoms with E-state index in [0.29, 0.717) is 11.2 Å². The second-order valence-corrected chi connectivity index (χ2v) is 4.06. The number of halogens is 2. The normalized spacial score (nSPS) is 13.4. The zero-order valence-corrected chi connectivity index (χ0v) is 8.40. The van der Waals surface area contributed by atoms with Gasteiger partial charge in [0.15, 0.2) is 3.79 Å². The van der Waals surface area contributed by atoms with Gasteiger partial charge in [-0.15, -0.1) is 0 Å². The SMILES string of the molecule is CCC(Br)CC(=O)I. The Bertz CT molecular complexity index is 84.5. The van der Waals surface area contributed by atoms with Crippen molar-refractivity contribution < 1.29 is 4.79 Å². The predicted octanol–water partition coefficient (Wildman–Crippen LogP) is 2.51. The summed E-state index contributed by atoms with van der Waals surface area (Å²) in [6.45, 7) is 2.05. The molecule has 1 unspecified atom stereocenters. The molecule has 3 heteroatoms. The van der Waals surface area contributed by atoms with Crippen molar-refractivity contribution in [1.29, 1.82) is 0 Å².